The summed E-state index contributed by atoms with van der Waals surface area (Å²) in [7, 11) is 0. The molecule has 0 aliphatic heterocycles. The van der Waals surface area contributed by atoms with Gasteiger partial charge in [0.1, 0.15) is 17.4 Å². The summed E-state index contributed by atoms with van der Waals surface area (Å²) in [6.07, 6.45) is 0. The van der Waals surface area contributed by atoms with Crippen molar-refractivity contribution in [3.8, 4) is 5.75 Å². The fraction of sp³-hybridized carbons (Fsp3) is 0.0714. The molecule has 2 aromatic carbocycles. The Morgan fingerprint density at radius 1 is 1.05 bits per heavy atom. The molecule has 5 heteroatoms. The zero-order valence-electron chi connectivity index (χ0n) is 9.70. The molecule has 2 nitrogen and oxygen atoms in total. The molecule has 98 valence electrons. The SMILES string of the molecule is O=C(COc1ccc(I)cc1)c1c(F)cccc1F. The van der Waals surface area contributed by atoms with Gasteiger partial charge in [-0.15, -0.1) is 0 Å². The summed E-state index contributed by atoms with van der Waals surface area (Å²) >= 11 is 2.13. The van der Waals surface area contributed by atoms with E-state index in [0.29, 0.717) is 5.75 Å². The van der Waals surface area contributed by atoms with Crippen LogP contribution in [0.15, 0.2) is 42.5 Å². The van der Waals surface area contributed by atoms with Crippen LogP contribution >= 0.6 is 22.6 Å². The summed E-state index contributed by atoms with van der Waals surface area (Å²) in [6.45, 7) is -0.404. The fourth-order valence-electron chi connectivity index (χ4n) is 1.52. The highest BCUT2D eigenvalue weighted by Gasteiger charge is 2.17. The van der Waals surface area contributed by atoms with E-state index in [9.17, 15) is 13.6 Å². The molecular formula is C14H9F2IO2. The van der Waals surface area contributed by atoms with Gasteiger partial charge < -0.3 is 4.74 Å². The van der Waals surface area contributed by atoms with Gasteiger partial charge >= 0.3 is 0 Å². The maximum absolute atomic E-state index is 13.4. The van der Waals surface area contributed by atoms with Crippen LogP contribution < -0.4 is 4.74 Å². The maximum Gasteiger partial charge on any atom is 0.206 e. The lowest BCUT2D eigenvalue weighted by atomic mass is 10.1. The van der Waals surface area contributed by atoms with Gasteiger partial charge in [0.25, 0.3) is 0 Å². The van der Waals surface area contributed by atoms with Gasteiger partial charge in [-0.1, -0.05) is 6.07 Å². The number of rotatable bonds is 4. The lowest BCUT2D eigenvalue weighted by Gasteiger charge is -2.07. The number of halogens is 3. The quantitative estimate of drug-likeness (QED) is 0.601. The van der Waals surface area contributed by atoms with Gasteiger partial charge in [-0.25, -0.2) is 8.78 Å². The zero-order valence-corrected chi connectivity index (χ0v) is 11.9. The standard InChI is InChI=1S/C14H9F2IO2/c15-11-2-1-3-12(16)14(11)13(18)8-19-10-6-4-9(17)5-7-10/h1-7H,8H2. The van der Waals surface area contributed by atoms with Crippen LogP contribution in [0.2, 0.25) is 0 Å². The van der Waals surface area contributed by atoms with Crippen LogP contribution in [0.3, 0.4) is 0 Å². The fourth-order valence-corrected chi connectivity index (χ4v) is 1.88. The molecule has 0 aliphatic carbocycles. The molecule has 0 saturated heterocycles. The molecule has 0 aromatic heterocycles. The van der Waals surface area contributed by atoms with Crippen LogP contribution in [0.5, 0.6) is 5.75 Å². The van der Waals surface area contributed by atoms with Gasteiger partial charge in [0, 0.05) is 3.57 Å². The van der Waals surface area contributed by atoms with Crippen LogP contribution in [0.1, 0.15) is 10.4 Å². The van der Waals surface area contributed by atoms with Gasteiger partial charge in [0.05, 0.1) is 5.56 Å². The van der Waals surface area contributed by atoms with Crippen LogP contribution in [0.4, 0.5) is 8.78 Å². The lowest BCUT2D eigenvalue weighted by Crippen LogP contribution is -2.15. The largest absolute Gasteiger partial charge is 0.485 e. The smallest absolute Gasteiger partial charge is 0.206 e. The number of hydrogen-bond donors (Lipinski definition) is 0. The minimum absolute atomic E-state index is 0.404. The first kappa shape index (κ1) is 13.9. The number of carbonyl (C=O) groups is 1. The third-order valence-electron chi connectivity index (χ3n) is 2.43. The predicted octanol–water partition coefficient (Wildman–Crippen LogP) is 3.83. The Bertz CT molecular complexity index is 577. The molecule has 0 unspecified atom stereocenters. The predicted molar refractivity (Wildman–Crippen MR) is 75.3 cm³/mol. The minimum Gasteiger partial charge on any atom is -0.485 e. The van der Waals surface area contributed by atoms with E-state index >= 15 is 0 Å². The molecule has 0 radical (unpaired) electrons. The third kappa shape index (κ3) is 3.50. The van der Waals surface area contributed by atoms with Gasteiger partial charge in [-0.05, 0) is 59.0 Å². The van der Waals surface area contributed by atoms with Crippen molar-refractivity contribution in [3.05, 3.63) is 63.2 Å². The number of Topliss-reactive ketones (excluding diaryl/α,β-unsaturated/α-hetero) is 1. The molecule has 0 bridgehead atoms. The second-order valence-electron chi connectivity index (χ2n) is 3.76. The number of hydrogen-bond acceptors (Lipinski definition) is 2. The second-order valence-corrected chi connectivity index (χ2v) is 5.01. The van der Waals surface area contributed by atoms with E-state index in [-0.39, 0.29) is 0 Å². The van der Waals surface area contributed by atoms with E-state index in [1.54, 1.807) is 12.1 Å². The van der Waals surface area contributed by atoms with E-state index < -0.39 is 29.6 Å². The number of benzene rings is 2. The molecule has 19 heavy (non-hydrogen) atoms. The van der Waals surface area contributed by atoms with Gasteiger partial charge in [0.15, 0.2) is 6.61 Å². The molecular weight excluding hydrogens is 365 g/mol. The van der Waals surface area contributed by atoms with E-state index in [1.165, 1.54) is 6.07 Å². The van der Waals surface area contributed by atoms with Crippen molar-refractivity contribution in [2.75, 3.05) is 6.61 Å². The van der Waals surface area contributed by atoms with Crippen LogP contribution in [-0.4, -0.2) is 12.4 Å². The summed E-state index contributed by atoms with van der Waals surface area (Å²) in [6, 6.07) is 10.3. The Kier molecular flexibility index (Phi) is 4.47. The van der Waals surface area contributed by atoms with E-state index in [4.69, 9.17) is 4.74 Å². The highest BCUT2D eigenvalue weighted by atomic mass is 127. The average molecular weight is 374 g/mol. The lowest BCUT2D eigenvalue weighted by molar-refractivity contribution is 0.0913. The molecule has 0 saturated carbocycles. The normalized spacial score (nSPS) is 10.3. The Morgan fingerprint density at radius 3 is 2.21 bits per heavy atom. The Morgan fingerprint density at radius 2 is 1.63 bits per heavy atom. The van der Waals surface area contributed by atoms with E-state index in [1.807, 2.05) is 12.1 Å². The van der Waals surface area contributed by atoms with Crippen molar-refractivity contribution in [1.82, 2.24) is 0 Å². The monoisotopic (exact) mass is 374 g/mol. The number of carbonyl (C=O) groups excluding carboxylic acids is 1. The number of ether oxygens (including phenoxy) is 1. The summed E-state index contributed by atoms with van der Waals surface area (Å²) in [5.74, 6) is -2.01. The highest BCUT2D eigenvalue weighted by molar-refractivity contribution is 14.1. The number of ketones is 1. The first-order valence-electron chi connectivity index (χ1n) is 5.43. The topological polar surface area (TPSA) is 26.3 Å². The van der Waals surface area contributed by atoms with Crippen LogP contribution in [0, 0.1) is 15.2 Å². The molecule has 0 fully saturated rings. The van der Waals surface area contributed by atoms with Crippen LogP contribution in [-0.2, 0) is 0 Å². The summed E-state index contributed by atoms with van der Waals surface area (Å²) < 4.78 is 32.9. The van der Waals surface area contributed by atoms with Crippen molar-refractivity contribution >= 4 is 28.4 Å². The van der Waals surface area contributed by atoms with Crippen molar-refractivity contribution in [2.24, 2.45) is 0 Å². The molecule has 0 aliphatic rings. The molecule has 0 amide bonds. The zero-order chi connectivity index (χ0) is 13.8. The highest BCUT2D eigenvalue weighted by Crippen LogP contribution is 2.16. The molecule has 0 atom stereocenters. The van der Waals surface area contributed by atoms with Crippen molar-refractivity contribution < 1.29 is 18.3 Å². The van der Waals surface area contributed by atoms with Crippen molar-refractivity contribution in [3.63, 3.8) is 0 Å². The molecule has 2 aromatic rings. The average Bonchev–Trinajstić information content (AvgIpc) is 2.38. The molecule has 0 heterocycles. The Balaban J connectivity index is 2.07. The van der Waals surface area contributed by atoms with Crippen LogP contribution in [0.25, 0.3) is 0 Å². The summed E-state index contributed by atoms with van der Waals surface area (Å²) in [5, 5.41) is 0. The Labute approximate surface area is 122 Å². The van der Waals surface area contributed by atoms with Crippen molar-refractivity contribution in [2.45, 2.75) is 0 Å². The molecule has 2 rings (SSSR count). The first-order valence-corrected chi connectivity index (χ1v) is 6.51. The van der Waals surface area contributed by atoms with Crippen molar-refractivity contribution in [1.29, 1.82) is 0 Å². The Hall–Kier alpha value is -1.50. The summed E-state index contributed by atoms with van der Waals surface area (Å²) in [5.41, 5.74) is -0.562. The van der Waals surface area contributed by atoms with Gasteiger partial charge in [-0.2, -0.15) is 0 Å². The molecule has 0 spiro atoms. The summed E-state index contributed by atoms with van der Waals surface area (Å²) in [4.78, 5) is 11.7. The maximum atomic E-state index is 13.4. The van der Waals surface area contributed by atoms with Gasteiger partial charge in [-0.3, -0.25) is 4.79 Å². The first-order chi connectivity index (χ1) is 9.08. The van der Waals surface area contributed by atoms with Gasteiger partial charge in [0.2, 0.25) is 5.78 Å². The molecule has 0 N–H and O–H groups in total. The van der Waals surface area contributed by atoms with E-state index in [0.717, 1.165) is 15.7 Å². The third-order valence-corrected chi connectivity index (χ3v) is 3.14. The second kappa shape index (κ2) is 6.10. The van der Waals surface area contributed by atoms with E-state index in [2.05, 4.69) is 22.6 Å². The minimum atomic E-state index is -0.879.